The summed E-state index contributed by atoms with van der Waals surface area (Å²) >= 11 is 0. The highest BCUT2D eigenvalue weighted by molar-refractivity contribution is 5.78. The molecule has 1 rings (SSSR count). The predicted octanol–water partition coefficient (Wildman–Crippen LogP) is 0.847. The summed E-state index contributed by atoms with van der Waals surface area (Å²) in [5.74, 6) is 0.331. The largest absolute Gasteiger partial charge is 0.355 e. The third-order valence-electron chi connectivity index (χ3n) is 3.41. The van der Waals surface area contributed by atoms with Crippen molar-refractivity contribution >= 4 is 11.8 Å². The van der Waals surface area contributed by atoms with Gasteiger partial charge in [-0.2, -0.15) is 0 Å². The molecule has 110 valence electrons. The Morgan fingerprint density at radius 3 is 2.84 bits per heavy atom. The quantitative estimate of drug-likeness (QED) is 0.631. The molecule has 0 unspecified atom stereocenters. The number of amides is 2. The maximum absolute atomic E-state index is 11.6. The maximum atomic E-state index is 11.6. The fourth-order valence-electron chi connectivity index (χ4n) is 2.25. The molecule has 0 spiro atoms. The van der Waals surface area contributed by atoms with Crippen LogP contribution < -0.4 is 5.32 Å². The average molecular weight is 269 g/mol. The van der Waals surface area contributed by atoms with E-state index in [9.17, 15) is 9.59 Å². The van der Waals surface area contributed by atoms with Gasteiger partial charge in [-0.15, -0.1) is 0 Å². The fourth-order valence-corrected chi connectivity index (χ4v) is 2.25. The molecule has 1 aliphatic rings. The van der Waals surface area contributed by atoms with Crippen molar-refractivity contribution in [2.24, 2.45) is 0 Å². The molecule has 0 atom stereocenters. The van der Waals surface area contributed by atoms with Crippen LogP contribution in [0.25, 0.3) is 0 Å². The van der Waals surface area contributed by atoms with E-state index in [2.05, 4.69) is 12.2 Å². The van der Waals surface area contributed by atoms with Crippen LogP contribution >= 0.6 is 0 Å². The summed E-state index contributed by atoms with van der Waals surface area (Å²) < 4.78 is 0. The van der Waals surface area contributed by atoms with Crippen LogP contribution in [0.15, 0.2) is 0 Å². The molecule has 0 radical (unpaired) electrons. The Balaban J connectivity index is 2.02. The minimum Gasteiger partial charge on any atom is -0.355 e. The molecule has 19 heavy (non-hydrogen) atoms. The second-order valence-electron chi connectivity index (χ2n) is 5.28. The first kappa shape index (κ1) is 16.0. The Bertz CT molecular complexity index is 294. The maximum Gasteiger partial charge on any atom is 0.234 e. The predicted molar refractivity (Wildman–Crippen MR) is 75.8 cm³/mol. The summed E-state index contributed by atoms with van der Waals surface area (Å²) in [4.78, 5) is 27.0. The number of nitrogens with one attached hydrogen (secondary N) is 1. The van der Waals surface area contributed by atoms with Gasteiger partial charge in [0.15, 0.2) is 0 Å². The van der Waals surface area contributed by atoms with Crippen LogP contribution in [0.2, 0.25) is 0 Å². The zero-order valence-corrected chi connectivity index (χ0v) is 12.3. The van der Waals surface area contributed by atoms with Gasteiger partial charge >= 0.3 is 0 Å². The molecule has 0 aliphatic carbocycles. The molecule has 1 N–H and O–H groups in total. The van der Waals surface area contributed by atoms with Crippen molar-refractivity contribution < 1.29 is 9.59 Å². The van der Waals surface area contributed by atoms with E-state index in [1.54, 1.807) is 0 Å². The molecule has 0 aromatic rings. The summed E-state index contributed by atoms with van der Waals surface area (Å²) in [6.07, 6.45) is 4.79. The van der Waals surface area contributed by atoms with E-state index in [4.69, 9.17) is 0 Å². The number of carbonyl (C=O) groups excluding carboxylic acids is 2. The first-order valence-electron chi connectivity index (χ1n) is 7.36. The van der Waals surface area contributed by atoms with Gasteiger partial charge in [0.25, 0.3) is 0 Å². The van der Waals surface area contributed by atoms with Crippen molar-refractivity contribution in [2.45, 2.75) is 39.0 Å². The molecule has 5 heteroatoms. The number of likely N-dealkylation sites (tertiary alicyclic amines) is 1. The molecule has 1 saturated heterocycles. The molecule has 1 fully saturated rings. The van der Waals surface area contributed by atoms with Gasteiger partial charge in [0.05, 0.1) is 6.54 Å². The van der Waals surface area contributed by atoms with Gasteiger partial charge in [0.1, 0.15) is 0 Å². The van der Waals surface area contributed by atoms with Crippen LogP contribution in [0.1, 0.15) is 39.0 Å². The van der Waals surface area contributed by atoms with Gasteiger partial charge in [-0.05, 0) is 32.9 Å². The summed E-state index contributed by atoms with van der Waals surface area (Å²) in [6.45, 7) is 5.88. The van der Waals surface area contributed by atoms with Crippen molar-refractivity contribution in [1.29, 1.82) is 0 Å². The number of carbonyl (C=O) groups is 2. The molecule has 5 nitrogen and oxygen atoms in total. The number of rotatable bonds is 9. The lowest BCUT2D eigenvalue weighted by Gasteiger charge is -2.17. The third kappa shape index (κ3) is 6.57. The zero-order valence-electron chi connectivity index (χ0n) is 12.3. The van der Waals surface area contributed by atoms with Crippen molar-refractivity contribution in [3.8, 4) is 0 Å². The van der Waals surface area contributed by atoms with Crippen LogP contribution in [0.4, 0.5) is 0 Å². The summed E-state index contributed by atoms with van der Waals surface area (Å²) in [5.41, 5.74) is 0. The van der Waals surface area contributed by atoms with E-state index >= 15 is 0 Å². The SMILES string of the molecule is CCCCN(C)CC(=O)NCCCN1CCCC1=O. The van der Waals surface area contributed by atoms with E-state index < -0.39 is 0 Å². The number of hydrogen-bond donors (Lipinski definition) is 1. The zero-order chi connectivity index (χ0) is 14.1. The molecular formula is C14H27N3O2. The van der Waals surface area contributed by atoms with Gasteiger partial charge in [-0.1, -0.05) is 13.3 Å². The lowest BCUT2D eigenvalue weighted by Crippen LogP contribution is -2.37. The minimum atomic E-state index is 0.0753. The fraction of sp³-hybridized carbons (Fsp3) is 0.857. The van der Waals surface area contributed by atoms with Gasteiger partial charge in [-0.25, -0.2) is 0 Å². The highest BCUT2D eigenvalue weighted by Crippen LogP contribution is 2.09. The number of unbranched alkanes of at least 4 members (excludes halogenated alkanes) is 1. The highest BCUT2D eigenvalue weighted by atomic mass is 16.2. The van der Waals surface area contributed by atoms with E-state index in [-0.39, 0.29) is 11.8 Å². The van der Waals surface area contributed by atoms with E-state index in [0.29, 0.717) is 19.5 Å². The Labute approximate surface area is 116 Å². The van der Waals surface area contributed by atoms with Gasteiger partial charge in [-0.3, -0.25) is 14.5 Å². The second kappa shape index (κ2) is 8.91. The number of nitrogens with zero attached hydrogens (tertiary/aromatic N) is 2. The van der Waals surface area contributed by atoms with Gasteiger partial charge in [0.2, 0.25) is 11.8 Å². The van der Waals surface area contributed by atoms with E-state index in [1.807, 2.05) is 16.8 Å². The summed E-state index contributed by atoms with van der Waals surface area (Å²) in [6, 6.07) is 0. The Morgan fingerprint density at radius 2 is 2.21 bits per heavy atom. The van der Waals surface area contributed by atoms with Gasteiger partial charge < -0.3 is 10.2 Å². The van der Waals surface area contributed by atoms with Crippen molar-refractivity contribution in [3.63, 3.8) is 0 Å². The van der Waals surface area contributed by atoms with Crippen molar-refractivity contribution in [3.05, 3.63) is 0 Å². The first-order valence-corrected chi connectivity index (χ1v) is 7.36. The Kier molecular flexibility index (Phi) is 7.48. The smallest absolute Gasteiger partial charge is 0.234 e. The van der Waals surface area contributed by atoms with Gasteiger partial charge in [0, 0.05) is 26.1 Å². The normalized spacial score (nSPS) is 15.3. The molecular weight excluding hydrogens is 242 g/mol. The Hall–Kier alpha value is -1.10. The van der Waals surface area contributed by atoms with Crippen LogP contribution in [0.5, 0.6) is 0 Å². The molecule has 0 aromatic heterocycles. The van der Waals surface area contributed by atoms with Crippen molar-refractivity contribution in [2.75, 3.05) is 39.8 Å². The van der Waals surface area contributed by atoms with Crippen molar-refractivity contribution in [1.82, 2.24) is 15.1 Å². The monoisotopic (exact) mass is 269 g/mol. The third-order valence-corrected chi connectivity index (χ3v) is 3.41. The van der Waals surface area contributed by atoms with Crippen LogP contribution in [-0.4, -0.2) is 61.4 Å². The number of hydrogen-bond acceptors (Lipinski definition) is 3. The molecule has 0 saturated carbocycles. The standard InChI is InChI=1S/C14H27N3O2/c1-3-4-9-16(2)12-13(18)15-8-6-11-17-10-5-7-14(17)19/h3-12H2,1-2H3,(H,15,18). The molecule has 0 bridgehead atoms. The first-order chi connectivity index (χ1) is 9.13. The molecule has 1 aliphatic heterocycles. The topological polar surface area (TPSA) is 52.7 Å². The molecule has 1 heterocycles. The minimum absolute atomic E-state index is 0.0753. The van der Waals surface area contributed by atoms with Crippen LogP contribution in [0, 0.1) is 0 Å². The lowest BCUT2D eigenvalue weighted by molar-refractivity contribution is -0.127. The number of likely N-dealkylation sites (N-methyl/N-ethyl adjacent to an activating group) is 1. The van der Waals surface area contributed by atoms with Crippen LogP contribution in [-0.2, 0) is 9.59 Å². The highest BCUT2D eigenvalue weighted by Gasteiger charge is 2.18. The Morgan fingerprint density at radius 1 is 1.42 bits per heavy atom. The summed E-state index contributed by atoms with van der Waals surface area (Å²) in [7, 11) is 1.97. The lowest BCUT2D eigenvalue weighted by atomic mass is 10.3. The molecule has 0 aromatic carbocycles. The average Bonchev–Trinajstić information content (AvgIpc) is 2.78. The molecule has 2 amide bonds. The second-order valence-corrected chi connectivity index (χ2v) is 5.28. The van der Waals surface area contributed by atoms with Crippen LogP contribution in [0.3, 0.4) is 0 Å². The van der Waals surface area contributed by atoms with E-state index in [1.165, 1.54) is 0 Å². The summed E-state index contributed by atoms with van der Waals surface area (Å²) in [5, 5.41) is 2.91. The van der Waals surface area contributed by atoms with E-state index in [0.717, 1.165) is 45.3 Å².